The van der Waals surface area contributed by atoms with Gasteiger partial charge in [0.2, 0.25) is 0 Å². The third-order valence-corrected chi connectivity index (χ3v) is 4.94. The second kappa shape index (κ2) is 7.50. The number of aryl methyl sites for hydroxylation is 1. The van der Waals surface area contributed by atoms with Crippen LogP contribution in [0.5, 0.6) is 0 Å². The summed E-state index contributed by atoms with van der Waals surface area (Å²) in [6.07, 6.45) is 1.97. The van der Waals surface area contributed by atoms with E-state index in [1.54, 1.807) is 31.0 Å². The van der Waals surface area contributed by atoms with E-state index in [1.807, 2.05) is 0 Å². The van der Waals surface area contributed by atoms with E-state index in [9.17, 15) is 14.0 Å². The highest BCUT2D eigenvalue weighted by Gasteiger charge is 2.31. The highest BCUT2D eigenvalue weighted by molar-refractivity contribution is 6.00. The summed E-state index contributed by atoms with van der Waals surface area (Å²) in [5, 5.41) is 11.2. The number of carbonyl (C=O) groups is 2. The molecule has 0 saturated heterocycles. The summed E-state index contributed by atoms with van der Waals surface area (Å²) in [6, 6.07) is 5.97. The van der Waals surface area contributed by atoms with Crippen LogP contribution >= 0.6 is 0 Å². The van der Waals surface area contributed by atoms with Gasteiger partial charge in [-0.05, 0) is 19.1 Å². The number of esters is 1. The lowest BCUT2D eigenvalue weighted by Gasteiger charge is -2.26. The van der Waals surface area contributed by atoms with Crippen molar-refractivity contribution in [2.75, 3.05) is 13.2 Å². The molecule has 3 heterocycles. The van der Waals surface area contributed by atoms with Crippen LogP contribution < -0.4 is 0 Å². The number of rotatable bonds is 4. The van der Waals surface area contributed by atoms with Crippen molar-refractivity contribution in [1.82, 2.24) is 24.9 Å². The molecule has 29 heavy (non-hydrogen) atoms. The predicted octanol–water partition coefficient (Wildman–Crippen LogP) is 2.32. The van der Waals surface area contributed by atoms with Gasteiger partial charge in [-0.15, -0.1) is 0 Å². The summed E-state index contributed by atoms with van der Waals surface area (Å²) in [7, 11) is 1.69. The van der Waals surface area contributed by atoms with Crippen molar-refractivity contribution in [1.29, 1.82) is 0 Å². The largest absolute Gasteiger partial charge is 0.461 e. The maximum Gasteiger partial charge on any atom is 0.356 e. The van der Waals surface area contributed by atoms with Gasteiger partial charge in [-0.3, -0.25) is 14.6 Å². The lowest BCUT2D eigenvalue weighted by atomic mass is 10.0. The summed E-state index contributed by atoms with van der Waals surface area (Å²) >= 11 is 0. The molecule has 0 radical (unpaired) electrons. The average Bonchev–Trinajstić information content (AvgIpc) is 3.31. The first-order chi connectivity index (χ1) is 14.0. The number of ether oxygens (including phenoxy) is 1. The minimum absolute atomic E-state index is 0.240. The molecule has 0 bridgehead atoms. The molecule has 0 aliphatic carbocycles. The SMILES string of the molecule is CCOC(=O)c1c2c(nn1C)CCN(C(=O)c1cn[nH]c1-c1cccc(F)c1)C2. The Balaban J connectivity index is 1.64. The summed E-state index contributed by atoms with van der Waals surface area (Å²) in [6.45, 7) is 2.69. The van der Waals surface area contributed by atoms with Crippen LogP contribution in [0.2, 0.25) is 0 Å². The van der Waals surface area contributed by atoms with Crippen molar-refractivity contribution in [3.8, 4) is 11.3 Å². The Kier molecular flexibility index (Phi) is 4.87. The molecule has 0 unspecified atom stereocenters. The second-order valence-electron chi connectivity index (χ2n) is 6.76. The normalized spacial score (nSPS) is 13.3. The summed E-state index contributed by atoms with van der Waals surface area (Å²) in [5.74, 6) is -1.10. The number of halogens is 1. The molecule has 4 rings (SSSR count). The maximum atomic E-state index is 13.6. The van der Waals surface area contributed by atoms with Crippen molar-refractivity contribution in [2.24, 2.45) is 7.05 Å². The smallest absolute Gasteiger partial charge is 0.356 e. The molecule has 1 N–H and O–H groups in total. The Bertz CT molecular complexity index is 1090. The second-order valence-corrected chi connectivity index (χ2v) is 6.76. The summed E-state index contributed by atoms with van der Waals surface area (Å²) < 4.78 is 20.3. The first-order valence-electron chi connectivity index (χ1n) is 9.30. The monoisotopic (exact) mass is 397 g/mol. The molecule has 3 aromatic rings. The van der Waals surface area contributed by atoms with Gasteiger partial charge in [-0.1, -0.05) is 12.1 Å². The third-order valence-electron chi connectivity index (χ3n) is 4.94. The zero-order valence-electron chi connectivity index (χ0n) is 16.1. The van der Waals surface area contributed by atoms with Gasteiger partial charge in [0.1, 0.15) is 5.82 Å². The topological polar surface area (TPSA) is 93.1 Å². The van der Waals surface area contributed by atoms with Crippen LogP contribution in [-0.4, -0.2) is 49.9 Å². The number of aromatic nitrogens is 4. The van der Waals surface area contributed by atoms with Crippen LogP contribution in [0.3, 0.4) is 0 Å². The Morgan fingerprint density at radius 3 is 2.93 bits per heavy atom. The molecule has 0 fully saturated rings. The van der Waals surface area contributed by atoms with E-state index in [0.717, 1.165) is 5.69 Å². The summed E-state index contributed by atoms with van der Waals surface area (Å²) in [4.78, 5) is 27.2. The Morgan fingerprint density at radius 2 is 2.17 bits per heavy atom. The number of fused-ring (bicyclic) bond motifs is 1. The molecule has 1 aliphatic rings. The van der Waals surface area contributed by atoms with Gasteiger partial charge >= 0.3 is 5.97 Å². The molecular weight excluding hydrogens is 377 g/mol. The van der Waals surface area contributed by atoms with Gasteiger partial charge in [0.05, 0.1) is 36.3 Å². The van der Waals surface area contributed by atoms with Gasteiger partial charge in [0, 0.05) is 31.1 Å². The lowest BCUT2D eigenvalue weighted by Crippen LogP contribution is -2.36. The van der Waals surface area contributed by atoms with E-state index in [-0.39, 0.29) is 19.1 Å². The number of H-pyrrole nitrogens is 1. The number of hydrogen-bond acceptors (Lipinski definition) is 5. The first kappa shape index (κ1) is 18.9. The van der Waals surface area contributed by atoms with Crippen molar-refractivity contribution in [3.63, 3.8) is 0 Å². The van der Waals surface area contributed by atoms with E-state index in [0.29, 0.717) is 41.0 Å². The number of benzene rings is 1. The van der Waals surface area contributed by atoms with Crippen LogP contribution in [0.4, 0.5) is 4.39 Å². The fraction of sp³-hybridized carbons (Fsp3) is 0.300. The van der Waals surface area contributed by atoms with Gasteiger partial charge in [0.25, 0.3) is 5.91 Å². The molecule has 150 valence electrons. The van der Waals surface area contributed by atoms with Crippen LogP contribution in [0.15, 0.2) is 30.5 Å². The van der Waals surface area contributed by atoms with E-state index in [1.165, 1.54) is 23.0 Å². The number of hydrogen-bond donors (Lipinski definition) is 1. The number of amides is 1. The molecule has 8 nitrogen and oxygen atoms in total. The van der Waals surface area contributed by atoms with E-state index >= 15 is 0 Å². The van der Waals surface area contributed by atoms with E-state index in [2.05, 4.69) is 15.3 Å². The molecule has 1 aliphatic heterocycles. The fourth-order valence-corrected chi connectivity index (χ4v) is 3.61. The van der Waals surface area contributed by atoms with Crippen molar-refractivity contribution >= 4 is 11.9 Å². The van der Waals surface area contributed by atoms with Gasteiger partial charge < -0.3 is 9.64 Å². The van der Waals surface area contributed by atoms with Crippen LogP contribution in [-0.2, 0) is 24.8 Å². The first-order valence-corrected chi connectivity index (χ1v) is 9.30. The molecule has 0 saturated carbocycles. The van der Waals surface area contributed by atoms with Gasteiger partial charge in [-0.25, -0.2) is 9.18 Å². The molecule has 0 spiro atoms. The van der Waals surface area contributed by atoms with E-state index in [4.69, 9.17) is 4.74 Å². The zero-order chi connectivity index (χ0) is 20.5. The predicted molar refractivity (Wildman–Crippen MR) is 102 cm³/mol. The highest BCUT2D eigenvalue weighted by Crippen LogP contribution is 2.27. The Labute approximate surface area is 166 Å². The molecule has 9 heteroatoms. The average molecular weight is 397 g/mol. The minimum Gasteiger partial charge on any atom is -0.461 e. The molecule has 1 amide bonds. The Hall–Kier alpha value is -3.49. The molecular formula is C20H20FN5O3. The van der Waals surface area contributed by atoms with Crippen molar-refractivity contribution in [3.05, 3.63) is 58.8 Å². The number of nitrogens with zero attached hydrogens (tertiary/aromatic N) is 4. The number of aromatic amines is 1. The number of nitrogens with one attached hydrogen (secondary N) is 1. The van der Waals surface area contributed by atoms with Crippen LogP contribution in [0.1, 0.15) is 39.0 Å². The highest BCUT2D eigenvalue weighted by atomic mass is 19.1. The van der Waals surface area contributed by atoms with E-state index < -0.39 is 11.8 Å². The lowest BCUT2D eigenvalue weighted by molar-refractivity contribution is 0.0508. The third kappa shape index (κ3) is 3.39. The number of carbonyl (C=O) groups excluding carboxylic acids is 2. The molecule has 2 aromatic heterocycles. The van der Waals surface area contributed by atoms with Crippen molar-refractivity contribution in [2.45, 2.75) is 19.9 Å². The van der Waals surface area contributed by atoms with Gasteiger partial charge in [0.15, 0.2) is 5.69 Å². The maximum absolute atomic E-state index is 13.6. The molecule has 0 atom stereocenters. The van der Waals surface area contributed by atoms with Crippen molar-refractivity contribution < 1.29 is 18.7 Å². The zero-order valence-corrected chi connectivity index (χ0v) is 16.1. The van der Waals surface area contributed by atoms with Gasteiger partial charge in [-0.2, -0.15) is 10.2 Å². The minimum atomic E-state index is -0.457. The van der Waals surface area contributed by atoms with Crippen LogP contribution in [0.25, 0.3) is 11.3 Å². The Morgan fingerprint density at radius 1 is 1.34 bits per heavy atom. The summed E-state index contributed by atoms with van der Waals surface area (Å²) in [5.41, 5.74) is 3.19. The quantitative estimate of drug-likeness (QED) is 0.682. The van der Waals surface area contributed by atoms with Crippen LogP contribution in [0, 0.1) is 5.82 Å². The standard InChI is InChI=1S/C20H20FN5O3/c1-3-29-20(28)18-15-11-26(8-7-16(15)24-25(18)2)19(27)14-10-22-23-17(14)12-5-4-6-13(21)9-12/h4-6,9-10H,3,7-8,11H2,1-2H3,(H,22,23). The fourth-order valence-electron chi connectivity index (χ4n) is 3.61. The molecule has 1 aromatic carbocycles.